The fourth-order valence-electron chi connectivity index (χ4n) is 2.67. The number of H-pyrrole nitrogens is 1. The Morgan fingerprint density at radius 3 is 2.83 bits per heavy atom. The molecule has 4 aromatic rings. The van der Waals surface area contributed by atoms with Gasteiger partial charge in [-0.05, 0) is 18.6 Å². The lowest BCUT2D eigenvalue weighted by Crippen LogP contribution is -2.22. The van der Waals surface area contributed by atoms with E-state index in [0.29, 0.717) is 11.4 Å². The first-order valence-electron chi connectivity index (χ1n) is 7.34. The highest BCUT2D eigenvalue weighted by Gasteiger charge is 2.27. The van der Waals surface area contributed by atoms with Crippen LogP contribution in [0.4, 0.5) is 5.95 Å². The summed E-state index contributed by atoms with van der Waals surface area (Å²) in [6, 6.07) is 7.39. The fourth-order valence-corrected chi connectivity index (χ4v) is 2.67. The van der Waals surface area contributed by atoms with E-state index in [4.69, 9.17) is 5.73 Å². The maximum atomic E-state index is 10.9. The van der Waals surface area contributed by atoms with E-state index in [9.17, 15) is 5.11 Å². The summed E-state index contributed by atoms with van der Waals surface area (Å²) in [5.41, 5.74) is 6.70. The number of nitrogens with two attached hydrogens (primary N) is 1. The first-order valence-corrected chi connectivity index (χ1v) is 7.34. The molecular formula is C16H15N7O. The maximum absolute atomic E-state index is 10.9. The van der Waals surface area contributed by atoms with Gasteiger partial charge in [-0.3, -0.25) is 5.10 Å². The normalized spacial score (nSPS) is 13.9. The number of aromatic amines is 1. The number of aromatic nitrogens is 6. The average molecular weight is 321 g/mol. The number of nitrogen functional groups attached to an aromatic ring is 1. The van der Waals surface area contributed by atoms with Gasteiger partial charge in [0, 0.05) is 29.4 Å². The minimum atomic E-state index is -1.18. The molecule has 120 valence electrons. The zero-order chi connectivity index (χ0) is 16.7. The molecule has 0 saturated carbocycles. The van der Waals surface area contributed by atoms with Gasteiger partial charge in [-0.25, -0.2) is 9.67 Å². The Labute approximate surface area is 137 Å². The summed E-state index contributed by atoms with van der Waals surface area (Å²) in [5.74, 6) is 0.746. The molecule has 0 spiro atoms. The summed E-state index contributed by atoms with van der Waals surface area (Å²) in [6.45, 7) is 1.72. The molecule has 0 saturated heterocycles. The van der Waals surface area contributed by atoms with Crippen molar-refractivity contribution in [2.45, 2.75) is 12.5 Å². The standard InChI is InChI=1S/C16H15N7O/c1-16(24,12-8-19-20-9-12)11-3-2-10-7-21-23(13(10)6-11)14-4-5-18-15(17)22-14/h2-9,24H,1H3,(H,19,20)(H2,17,18,22). The molecule has 1 unspecified atom stereocenters. The molecule has 3 heterocycles. The van der Waals surface area contributed by atoms with Crippen molar-refractivity contribution in [2.24, 2.45) is 0 Å². The van der Waals surface area contributed by atoms with Crippen LogP contribution < -0.4 is 5.73 Å². The van der Waals surface area contributed by atoms with Crippen LogP contribution in [-0.2, 0) is 5.60 Å². The maximum Gasteiger partial charge on any atom is 0.221 e. The third kappa shape index (κ3) is 2.20. The largest absolute Gasteiger partial charge is 0.381 e. The topological polar surface area (TPSA) is 119 Å². The van der Waals surface area contributed by atoms with Crippen LogP contribution in [0.2, 0.25) is 0 Å². The zero-order valence-corrected chi connectivity index (χ0v) is 12.9. The van der Waals surface area contributed by atoms with Crippen LogP contribution in [0.5, 0.6) is 0 Å². The molecule has 0 amide bonds. The van der Waals surface area contributed by atoms with Crippen molar-refractivity contribution in [2.75, 3.05) is 5.73 Å². The molecule has 0 aliphatic heterocycles. The summed E-state index contributed by atoms with van der Waals surface area (Å²) in [5, 5.41) is 22.8. The van der Waals surface area contributed by atoms with Crippen molar-refractivity contribution < 1.29 is 5.11 Å². The van der Waals surface area contributed by atoms with Crippen molar-refractivity contribution in [1.29, 1.82) is 0 Å². The quantitative estimate of drug-likeness (QED) is 0.524. The highest BCUT2D eigenvalue weighted by Crippen LogP contribution is 2.31. The van der Waals surface area contributed by atoms with Gasteiger partial charge in [0.25, 0.3) is 0 Å². The molecular weight excluding hydrogens is 306 g/mol. The lowest BCUT2D eigenvalue weighted by Gasteiger charge is -2.22. The molecule has 8 heteroatoms. The predicted octanol–water partition coefficient (Wildman–Crippen LogP) is 1.38. The van der Waals surface area contributed by atoms with E-state index >= 15 is 0 Å². The number of rotatable bonds is 3. The third-order valence-electron chi connectivity index (χ3n) is 4.07. The second-order valence-corrected chi connectivity index (χ2v) is 5.66. The Kier molecular flexibility index (Phi) is 3.07. The van der Waals surface area contributed by atoms with Crippen molar-refractivity contribution in [1.82, 2.24) is 29.9 Å². The lowest BCUT2D eigenvalue weighted by molar-refractivity contribution is 0.102. The molecule has 1 atom stereocenters. The minimum Gasteiger partial charge on any atom is -0.381 e. The van der Waals surface area contributed by atoms with Gasteiger partial charge in [-0.1, -0.05) is 12.1 Å². The SMILES string of the molecule is CC(O)(c1cn[nH]c1)c1ccc2cnn(-c3ccnc(N)n3)c2c1. The van der Waals surface area contributed by atoms with Crippen molar-refractivity contribution >= 4 is 16.9 Å². The van der Waals surface area contributed by atoms with Crippen LogP contribution in [-0.4, -0.2) is 35.1 Å². The Bertz CT molecular complexity index is 1000. The van der Waals surface area contributed by atoms with E-state index in [-0.39, 0.29) is 5.95 Å². The number of aliphatic hydroxyl groups is 1. The third-order valence-corrected chi connectivity index (χ3v) is 4.07. The van der Waals surface area contributed by atoms with E-state index in [1.54, 1.807) is 42.5 Å². The van der Waals surface area contributed by atoms with E-state index < -0.39 is 5.60 Å². The zero-order valence-electron chi connectivity index (χ0n) is 12.9. The molecule has 1 aromatic carbocycles. The van der Waals surface area contributed by atoms with E-state index in [1.807, 2.05) is 18.2 Å². The number of nitrogens with one attached hydrogen (secondary N) is 1. The second-order valence-electron chi connectivity index (χ2n) is 5.66. The lowest BCUT2D eigenvalue weighted by atomic mass is 9.90. The number of hydrogen-bond acceptors (Lipinski definition) is 6. The molecule has 4 N–H and O–H groups in total. The highest BCUT2D eigenvalue weighted by atomic mass is 16.3. The molecule has 0 fully saturated rings. The first-order chi connectivity index (χ1) is 11.6. The Hall–Kier alpha value is -3.26. The molecule has 4 rings (SSSR count). The van der Waals surface area contributed by atoms with E-state index in [1.165, 1.54) is 0 Å². The molecule has 8 nitrogen and oxygen atoms in total. The molecule has 24 heavy (non-hydrogen) atoms. The van der Waals surface area contributed by atoms with Crippen LogP contribution in [0.3, 0.4) is 0 Å². The summed E-state index contributed by atoms with van der Waals surface area (Å²) in [6.07, 6.45) is 6.60. The monoisotopic (exact) mass is 321 g/mol. The first kappa shape index (κ1) is 14.3. The van der Waals surface area contributed by atoms with Gasteiger partial charge >= 0.3 is 0 Å². The van der Waals surface area contributed by atoms with Gasteiger partial charge in [0.05, 0.1) is 17.9 Å². The summed E-state index contributed by atoms with van der Waals surface area (Å²) >= 11 is 0. The van der Waals surface area contributed by atoms with Gasteiger partial charge < -0.3 is 10.8 Å². The Balaban J connectivity index is 1.88. The van der Waals surface area contributed by atoms with Gasteiger partial charge in [-0.15, -0.1) is 0 Å². The van der Waals surface area contributed by atoms with E-state index in [0.717, 1.165) is 16.5 Å². The number of fused-ring (bicyclic) bond motifs is 1. The molecule has 0 aliphatic rings. The number of benzene rings is 1. The highest BCUT2D eigenvalue weighted by molar-refractivity contribution is 5.81. The van der Waals surface area contributed by atoms with Crippen LogP contribution in [0.1, 0.15) is 18.1 Å². The van der Waals surface area contributed by atoms with Gasteiger partial charge in [0.1, 0.15) is 5.60 Å². The summed E-state index contributed by atoms with van der Waals surface area (Å²) in [7, 11) is 0. The van der Waals surface area contributed by atoms with Crippen LogP contribution in [0, 0.1) is 0 Å². The van der Waals surface area contributed by atoms with Crippen LogP contribution in [0.15, 0.2) is 49.1 Å². The van der Waals surface area contributed by atoms with Gasteiger partial charge in [0.15, 0.2) is 5.82 Å². The molecule has 0 aliphatic carbocycles. The van der Waals surface area contributed by atoms with E-state index in [2.05, 4.69) is 25.3 Å². The molecule has 3 aromatic heterocycles. The summed E-state index contributed by atoms with van der Waals surface area (Å²) < 4.78 is 1.67. The summed E-state index contributed by atoms with van der Waals surface area (Å²) in [4.78, 5) is 8.09. The van der Waals surface area contributed by atoms with Gasteiger partial charge in [0.2, 0.25) is 5.95 Å². The molecule has 0 bridgehead atoms. The Morgan fingerprint density at radius 2 is 2.08 bits per heavy atom. The van der Waals surface area contributed by atoms with Crippen LogP contribution in [0.25, 0.3) is 16.7 Å². The van der Waals surface area contributed by atoms with Crippen LogP contribution >= 0.6 is 0 Å². The second kappa shape index (κ2) is 5.14. The fraction of sp³-hybridized carbons (Fsp3) is 0.125. The van der Waals surface area contributed by atoms with Crippen molar-refractivity contribution in [3.8, 4) is 5.82 Å². The number of anilines is 1. The smallest absolute Gasteiger partial charge is 0.221 e. The van der Waals surface area contributed by atoms with Crippen molar-refractivity contribution in [3.63, 3.8) is 0 Å². The predicted molar refractivity (Wildman–Crippen MR) is 88.3 cm³/mol. The minimum absolute atomic E-state index is 0.178. The Morgan fingerprint density at radius 1 is 1.21 bits per heavy atom. The van der Waals surface area contributed by atoms with Gasteiger partial charge in [-0.2, -0.15) is 15.2 Å². The van der Waals surface area contributed by atoms with Crippen molar-refractivity contribution in [3.05, 3.63) is 60.2 Å². The number of hydrogen-bond donors (Lipinski definition) is 3. The number of nitrogens with zero attached hydrogens (tertiary/aromatic N) is 5. The molecule has 0 radical (unpaired) electrons. The average Bonchev–Trinajstić information content (AvgIpc) is 3.24.